The second-order valence-electron chi connectivity index (χ2n) is 6.39. The first-order chi connectivity index (χ1) is 10.9. The summed E-state index contributed by atoms with van der Waals surface area (Å²) in [7, 11) is 0. The van der Waals surface area contributed by atoms with E-state index in [0.717, 1.165) is 17.8 Å². The molecular weight excluding hydrogens is 288 g/mol. The molecule has 0 spiro atoms. The molecule has 0 heterocycles. The second kappa shape index (κ2) is 7.68. The minimum absolute atomic E-state index is 0.399. The van der Waals surface area contributed by atoms with Crippen LogP contribution in [0.2, 0.25) is 0 Å². The van der Waals surface area contributed by atoms with Gasteiger partial charge >= 0.3 is 6.09 Å². The minimum atomic E-state index is -0.477. The van der Waals surface area contributed by atoms with Crippen molar-refractivity contribution in [2.24, 2.45) is 0 Å². The summed E-state index contributed by atoms with van der Waals surface area (Å²) < 4.78 is 5.21. The van der Waals surface area contributed by atoms with E-state index in [0.29, 0.717) is 6.54 Å². The monoisotopic (exact) mass is 312 g/mol. The average molecular weight is 312 g/mol. The van der Waals surface area contributed by atoms with Gasteiger partial charge in [0, 0.05) is 18.8 Å². The molecule has 0 saturated carbocycles. The van der Waals surface area contributed by atoms with Crippen molar-refractivity contribution >= 4 is 11.8 Å². The van der Waals surface area contributed by atoms with Crippen molar-refractivity contribution in [3.8, 4) is 0 Å². The van der Waals surface area contributed by atoms with Gasteiger partial charge in [0.25, 0.3) is 0 Å². The minimum Gasteiger partial charge on any atom is -0.444 e. The first kappa shape index (κ1) is 16.9. The number of nitrogens with one attached hydrogen (secondary N) is 2. The molecular formula is C19H24N2O2. The number of hydrogen-bond acceptors (Lipinski definition) is 3. The molecule has 0 aliphatic heterocycles. The van der Waals surface area contributed by atoms with Crippen molar-refractivity contribution in [1.29, 1.82) is 0 Å². The van der Waals surface area contributed by atoms with Crippen LogP contribution in [0.1, 0.15) is 31.9 Å². The number of benzene rings is 2. The van der Waals surface area contributed by atoms with Gasteiger partial charge in [0.1, 0.15) is 5.60 Å². The van der Waals surface area contributed by atoms with E-state index in [2.05, 4.69) is 22.8 Å². The first-order valence-electron chi connectivity index (χ1n) is 7.76. The van der Waals surface area contributed by atoms with Crippen molar-refractivity contribution in [3.63, 3.8) is 0 Å². The maximum Gasteiger partial charge on any atom is 0.407 e. The highest BCUT2D eigenvalue weighted by Gasteiger charge is 2.15. The lowest BCUT2D eigenvalue weighted by atomic mass is 10.2. The van der Waals surface area contributed by atoms with Crippen LogP contribution in [0.4, 0.5) is 10.5 Å². The Bertz CT molecular complexity index is 616. The van der Waals surface area contributed by atoms with Gasteiger partial charge in [-0.05, 0) is 44.0 Å². The molecule has 0 bridgehead atoms. The largest absolute Gasteiger partial charge is 0.444 e. The van der Waals surface area contributed by atoms with Crippen LogP contribution in [0.15, 0.2) is 54.6 Å². The third-order valence-electron chi connectivity index (χ3n) is 3.13. The smallest absolute Gasteiger partial charge is 0.407 e. The molecule has 2 N–H and O–H groups in total. The molecule has 2 rings (SSSR count). The highest BCUT2D eigenvalue weighted by molar-refractivity contribution is 5.67. The van der Waals surface area contributed by atoms with Gasteiger partial charge in [-0.25, -0.2) is 4.79 Å². The fraction of sp³-hybridized carbons (Fsp3) is 0.316. The Morgan fingerprint density at radius 3 is 2.13 bits per heavy atom. The summed E-state index contributed by atoms with van der Waals surface area (Å²) >= 11 is 0. The van der Waals surface area contributed by atoms with E-state index >= 15 is 0 Å². The van der Waals surface area contributed by atoms with E-state index < -0.39 is 11.7 Å². The van der Waals surface area contributed by atoms with Gasteiger partial charge in [-0.15, -0.1) is 0 Å². The van der Waals surface area contributed by atoms with Gasteiger partial charge in [0.05, 0.1) is 0 Å². The molecule has 4 heteroatoms. The van der Waals surface area contributed by atoms with E-state index in [1.54, 1.807) is 0 Å². The normalized spacial score (nSPS) is 10.9. The number of rotatable bonds is 5. The van der Waals surface area contributed by atoms with Gasteiger partial charge in [-0.1, -0.05) is 42.5 Å². The fourth-order valence-corrected chi connectivity index (χ4v) is 2.03. The van der Waals surface area contributed by atoms with Gasteiger partial charge < -0.3 is 15.4 Å². The van der Waals surface area contributed by atoms with Crippen molar-refractivity contribution < 1.29 is 9.53 Å². The number of alkyl carbamates (subject to hydrolysis) is 1. The van der Waals surface area contributed by atoms with E-state index in [-0.39, 0.29) is 0 Å². The SMILES string of the molecule is CC(C)(C)OC(=O)NCc1ccc(NCc2ccccc2)cc1. The van der Waals surface area contributed by atoms with Crippen LogP contribution in [0.3, 0.4) is 0 Å². The van der Waals surface area contributed by atoms with Crippen LogP contribution in [0.5, 0.6) is 0 Å². The third kappa shape index (κ3) is 6.43. The molecule has 23 heavy (non-hydrogen) atoms. The van der Waals surface area contributed by atoms with Crippen LogP contribution in [0.25, 0.3) is 0 Å². The maximum absolute atomic E-state index is 11.6. The molecule has 0 unspecified atom stereocenters. The predicted molar refractivity (Wildman–Crippen MR) is 93.3 cm³/mol. The van der Waals surface area contributed by atoms with Crippen molar-refractivity contribution in [2.75, 3.05) is 5.32 Å². The second-order valence-corrected chi connectivity index (χ2v) is 6.39. The molecule has 2 aromatic rings. The van der Waals surface area contributed by atoms with Crippen LogP contribution >= 0.6 is 0 Å². The van der Waals surface area contributed by atoms with Crippen molar-refractivity contribution in [2.45, 2.75) is 39.5 Å². The summed E-state index contributed by atoms with van der Waals surface area (Å²) in [5.41, 5.74) is 2.84. The topological polar surface area (TPSA) is 50.4 Å². The van der Waals surface area contributed by atoms with Crippen LogP contribution in [-0.2, 0) is 17.8 Å². The number of hydrogen-bond donors (Lipinski definition) is 2. The summed E-state index contributed by atoms with van der Waals surface area (Å²) in [6.07, 6.45) is -0.399. The average Bonchev–Trinajstić information content (AvgIpc) is 2.51. The zero-order valence-corrected chi connectivity index (χ0v) is 13.9. The molecule has 0 atom stereocenters. The van der Waals surface area contributed by atoms with Gasteiger partial charge in [-0.3, -0.25) is 0 Å². The zero-order valence-electron chi connectivity index (χ0n) is 13.9. The third-order valence-corrected chi connectivity index (χ3v) is 3.13. The Labute approximate surface area is 137 Å². The van der Waals surface area contributed by atoms with E-state index in [1.165, 1.54) is 5.56 Å². The maximum atomic E-state index is 11.6. The standard InChI is InChI=1S/C19H24N2O2/c1-19(2,3)23-18(22)21-14-16-9-11-17(12-10-16)20-13-15-7-5-4-6-8-15/h4-12,20H,13-14H2,1-3H3,(H,21,22). The number of carbonyl (C=O) groups is 1. The Balaban J connectivity index is 1.79. The molecule has 4 nitrogen and oxygen atoms in total. The first-order valence-corrected chi connectivity index (χ1v) is 7.76. The Morgan fingerprint density at radius 1 is 0.913 bits per heavy atom. The number of anilines is 1. The molecule has 0 aliphatic carbocycles. The van der Waals surface area contributed by atoms with Gasteiger partial charge in [-0.2, -0.15) is 0 Å². The Morgan fingerprint density at radius 2 is 1.52 bits per heavy atom. The summed E-state index contributed by atoms with van der Waals surface area (Å²) in [5, 5.41) is 6.12. The number of ether oxygens (including phenoxy) is 1. The molecule has 0 radical (unpaired) electrons. The van der Waals surface area contributed by atoms with Gasteiger partial charge in [0.15, 0.2) is 0 Å². The van der Waals surface area contributed by atoms with E-state index in [4.69, 9.17) is 4.74 Å². The number of carbonyl (C=O) groups excluding carboxylic acids is 1. The van der Waals surface area contributed by atoms with Crippen LogP contribution in [-0.4, -0.2) is 11.7 Å². The van der Waals surface area contributed by atoms with Crippen LogP contribution < -0.4 is 10.6 Å². The molecule has 0 fully saturated rings. The summed E-state index contributed by atoms with van der Waals surface area (Å²) in [6.45, 7) is 6.78. The molecule has 2 aromatic carbocycles. The summed E-state index contributed by atoms with van der Waals surface area (Å²) in [4.78, 5) is 11.6. The summed E-state index contributed by atoms with van der Waals surface area (Å²) in [6, 6.07) is 18.2. The molecule has 0 aromatic heterocycles. The van der Waals surface area contributed by atoms with Crippen LogP contribution in [0, 0.1) is 0 Å². The molecule has 122 valence electrons. The lowest BCUT2D eigenvalue weighted by Gasteiger charge is -2.19. The highest BCUT2D eigenvalue weighted by atomic mass is 16.6. The molecule has 1 amide bonds. The molecule has 0 saturated heterocycles. The number of amides is 1. The Hall–Kier alpha value is -2.49. The predicted octanol–water partition coefficient (Wildman–Crippen LogP) is 4.32. The van der Waals surface area contributed by atoms with E-state index in [1.807, 2.05) is 63.2 Å². The fourth-order valence-electron chi connectivity index (χ4n) is 2.03. The lowest BCUT2D eigenvalue weighted by molar-refractivity contribution is 0.0523. The van der Waals surface area contributed by atoms with Crippen molar-refractivity contribution in [3.05, 3.63) is 65.7 Å². The Kier molecular flexibility index (Phi) is 5.63. The lowest BCUT2D eigenvalue weighted by Crippen LogP contribution is -2.32. The zero-order chi connectivity index (χ0) is 16.7. The van der Waals surface area contributed by atoms with E-state index in [9.17, 15) is 4.79 Å². The molecule has 0 aliphatic rings. The van der Waals surface area contributed by atoms with Gasteiger partial charge in [0.2, 0.25) is 0 Å². The highest BCUT2D eigenvalue weighted by Crippen LogP contribution is 2.12. The quantitative estimate of drug-likeness (QED) is 0.864. The van der Waals surface area contributed by atoms with Crippen molar-refractivity contribution in [1.82, 2.24) is 5.32 Å². The summed E-state index contributed by atoms with van der Waals surface area (Å²) in [5.74, 6) is 0.